The highest BCUT2D eigenvalue weighted by Gasteiger charge is 2.24. The van der Waals surface area contributed by atoms with E-state index in [2.05, 4.69) is 10.0 Å². The molecule has 39 heavy (non-hydrogen) atoms. The third-order valence-electron chi connectivity index (χ3n) is 6.14. The summed E-state index contributed by atoms with van der Waals surface area (Å²) < 4.78 is 36.4. The van der Waals surface area contributed by atoms with Crippen molar-refractivity contribution in [2.24, 2.45) is 7.05 Å². The fourth-order valence-electron chi connectivity index (χ4n) is 3.85. The lowest BCUT2D eigenvalue weighted by atomic mass is 10.2. The van der Waals surface area contributed by atoms with E-state index in [9.17, 15) is 22.8 Å². The Balaban J connectivity index is 1.47. The van der Waals surface area contributed by atoms with Gasteiger partial charge in [0.1, 0.15) is 5.69 Å². The van der Waals surface area contributed by atoms with Crippen molar-refractivity contribution < 1.29 is 22.7 Å². The van der Waals surface area contributed by atoms with E-state index >= 15 is 0 Å². The lowest BCUT2D eigenvalue weighted by Crippen LogP contribution is -2.32. The van der Waals surface area contributed by atoms with Crippen LogP contribution in [0.2, 0.25) is 0 Å². The minimum atomic E-state index is -3.98. The highest BCUT2D eigenvalue weighted by atomic mass is 32.2. The zero-order valence-corrected chi connectivity index (χ0v) is 22.7. The number of para-hydroxylation sites is 1. The molecular formula is C28H28N4O6S. The number of hydrogen-bond donors (Lipinski definition) is 2. The third-order valence-corrected chi connectivity index (χ3v) is 7.52. The Bertz CT molecular complexity index is 1690. The molecule has 0 aliphatic rings. The zero-order valence-electron chi connectivity index (χ0n) is 21.8. The summed E-state index contributed by atoms with van der Waals surface area (Å²) in [5.74, 6) is -1.60. The van der Waals surface area contributed by atoms with Crippen molar-refractivity contribution in [3.63, 3.8) is 0 Å². The Morgan fingerprint density at radius 1 is 0.923 bits per heavy atom. The molecule has 0 radical (unpaired) electrons. The molecule has 1 unspecified atom stereocenters. The number of nitrogens with one attached hydrogen (secondary N) is 2. The summed E-state index contributed by atoms with van der Waals surface area (Å²) >= 11 is 0. The van der Waals surface area contributed by atoms with Gasteiger partial charge in [0.25, 0.3) is 21.5 Å². The number of aromatic nitrogens is 2. The van der Waals surface area contributed by atoms with Crippen molar-refractivity contribution in [2.45, 2.75) is 31.8 Å². The maximum atomic E-state index is 13.0. The van der Waals surface area contributed by atoms with Gasteiger partial charge in [-0.25, -0.2) is 17.9 Å². The maximum absolute atomic E-state index is 13.0. The molecule has 4 aromatic rings. The van der Waals surface area contributed by atoms with Gasteiger partial charge in [0, 0.05) is 12.7 Å². The van der Waals surface area contributed by atoms with Crippen molar-refractivity contribution >= 4 is 33.3 Å². The first-order chi connectivity index (χ1) is 18.5. The summed E-state index contributed by atoms with van der Waals surface area (Å²) in [5.41, 5.74) is 2.06. The second-order valence-electron chi connectivity index (χ2n) is 8.97. The number of amides is 1. The third kappa shape index (κ3) is 5.93. The first kappa shape index (κ1) is 27.4. The SMILES string of the molecule is Cc1ccc(NS(=O)(=O)c2cccc(C(=O)OC(C)C(=O)Nc3c(C)n(C)n(-c4ccccc4)c3=O)c2)cc1. The molecule has 0 saturated heterocycles. The van der Waals surface area contributed by atoms with Crippen LogP contribution in [-0.2, 0) is 26.6 Å². The second-order valence-corrected chi connectivity index (χ2v) is 10.7. The smallest absolute Gasteiger partial charge is 0.338 e. The number of hydrogen-bond acceptors (Lipinski definition) is 6. The number of esters is 1. The van der Waals surface area contributed by atoms with E-state index in [0.29, 0.717) is 17.1 Å². The molecule has 0 aliphatic heterocycles. The van der Waals surface area contributed by atoms with Crippen LogP contribution in [0.3, 0.4) is 0 Å². The van der Waals surface area contributed by atoms with Crippen molar-refractivity contribution in [3.8, 4) is 5.69 Å². The fraction of sp³-hybridized carbons (Fsp3) is 0.179. The summed E-state index contributed by atoms with van der Waals surface area (Å²) in [4.78, 5) is 38.5. The van der Waals surface area contributed by atoms with Crippen LogP contribution in [0.4, 0.5) is 11.4 Å². The van der Waals surface area contributed by atoms with Crippen LogP contribution in [0.25, 0.3) is 5.69 Å². The monoisotopic (exact) mass is 548 g/mol. The molecule has 1 aromatic heterocycles. The highest BCUT2D eigenvalue weighted by molar-refractivity contribution is 7.92. The standard InChI is InChI=1S/C28H28N4O6S/c1-18-13-15-22(16-14-18)30-39(36,37)24-12-8-9-21(17-24)28(35)38-20(3)26(33)29-25-19(2)31(4)32(27(25)34)23-10-6-5-7-11-23/h5-17,20,30H,1-4H3,(H,29,33). The quantitative estimate of drug-likeness (QED) is 0.323. The molecule has 1 amide bonds. The molecular weight excluding hydrogens is 520 g/mol. The number of carbonyl (C=O) groups excluding carboxylic acids is 2. The van der Waals surface area contributed by atoms with Gasteiger partial charge < -0.3 is 10.1 Å². The van der Waals surface area contributed by atoms with Crippen molar-refractivity contribution in [2.75, 3.05) is 10.0 Å². The maximum Gasteiger partial charge on any atom is 0.338 e. The molecule has 0 saturated carbocycles. The lowest BCUT2D eigenvalue weighted by molar-refractivity contribution is -0.123. The van der Waals surface area contributed by atoms with Crippen LogP contribution in [0.15, 0.2) is 88.6 Å². The van der Waals surface area contributed by atoms with E-state index < -0.39 is 33.6 Å². The predicted molar refractivity (Wildman–Crippen MR) is 148 cm³/mol. The molecule has 0 fully saturated rings. The molecule has 1 atom stereocenters. The summed E-state index contributed by atoms with van der Waals surface area (Å²) in [6.07, 6.45) is -1.27. The van der Waals surface area contributed by atoms with E-state index in [1.165, 1.54) is 35.9 Å². The Morgan fingerprint density at radius 2 is 1.59 bits per heavy atom. The van der Waals surface area contributed by atoms with Gasteiger partial charge in [-0.15, -0.1) is 0 Å². The molecule has 3 aromatic carbocycles. The molecule has 11 heteroatoms. The fourth-order valence-corrected chi connectivity index (χ4v) is 4.95. The van der Waals surface area contributed by atoms with Crippen LogP contribution in [0.1, 0.15) is 28.5 Å². The topological polar surface area (TPSA) is 128 Å². The van der Waals surface area contributed by atoms with E-state index in [0.717, 1.165) is 5.56 Å². The summed E-state index contributed by atoms with van der Waals surface area (Å²) in [5, 5.41) is 2.56. The number of rotatable bonds is 8. The molecule has 10 nitrogen and oxygen atoms in total. The van der Waals surface area contributed by atoms with Crippen LogP contribution in [0, 0.1) is 13.8 Å². The number of anilines is 2. The molecule has 0 bridgehead atoms. The average Bonchev–Trinajstić information content (AvgIpc) is 3.13. The normalized spacial score (nSPS) is 12.0. The number of carbonyl (C=O) groups is 2. The molecule has 0 spiro atoms. The number of nitrogens with zero attached hydrogens (tertiary/aromatic N) is 2. The molecule has 4 rings (SSSR count). The van der Waals surface area contributed by atoms with E-state index in [1.807, 2.05) is 13.0 Å². The number of benzene rings is 3. The summed E-state index contributed by atoms with van der Waals surface area (Å²) in [7, 11) is -2.29. The van der Waals surface area contributed by atoms with Crippen LogP contribution >= 0.6 is 0 Å². The van der Waals surface area contributed by atoms with Gasteiger partial charge in [-0.2, -0.15) is 0 Å². The molecule has 202 valence electrons. The van der Waals surface area contributed by atoms with Gasteiger partial charge in [0.15, 0.2) is 6.10 Å². The predicted octanol–water partition coefficient (Wildman–Crippen LogP) is 3.78. The van der Waals surface area contributed by atoms with Crippen molar-refractivity contribution in [1.82, 2.24) is 9.36 Å². The molecule has 2 N–H and O–H groups in total. The average molecular weight is 549 g/mol. The summed E-state index contributed by atoms with van der Waals surface area (Å²) in [6.45, 7) is 4.93. The Kier molecular flexibility index (Phi) is 7.73. The number of ether oxygens (including phenoxy) is 1. The van der Waals surface area contributed by atoms with E-state index in [4.69, 9.17) is 4.74 Å². The van der Waals surface area contributed by atoms with Gasteiger partial charge in [0.2, 0.25) is 0 Å². The number of sulfonamides is 1. The first-order valence-electron chi connectivity index (χ1n) is 12.0. The van der Waals surface area contributed by atoms with Crippen molar-refractivity contribution in [1.29, 1.82) is 0 Å². The van der Waals surface area contributed by atoms with Gasteiger partial charge in [0.05, 0.1) is 21.8 Å². The Hall–Kier alpha value is -4.64. The van der Waals surface area contributed by atoms with Crippen LogP contribution in [0.5, 0.6) is 0 Å². The van der Waals surface area contributed by atoms with Crippen molar-refractivity contribution in [3.05, 3.63) is 106 Å². The molecule has 0 aliphatic carbocycles. The van der Waals surface area contributed by atoms with E-state index in [1.54, 1.807) is 67.2 Å². The van der Waals surface area contributed by atoms with E-state index in [-0.39, 0.29) is 16.1 Å². The number of aryl methyl sites for hydroxylation is 1. The highest BCUT2D eigenvalue weighted by Crippen LogP contribution is 2.19. The van der Waals surface area contributed by atoms with Crippen LogP contribution < -0.4 is 15.6 Å². The zero-order chi connectivity index (χ0) is 28.3. The van der Waals surface area contributed by atoms with Gasteiger partial charge in [-0.3, -0.25) is 19.0 Å². The van der Waals surface area contributed by atoms with Gasteiger partial charge in [-0.1, -0.05) is 42.0 Å². The minimum Gasteiger partial charge on any atom is -0.449 e. The van der Waals surface area contributed by atoms with Gasteiger partial charge in [-0.05, 0) is 63.2 Å². The Morgan fingerprint density at radius 3 is 2.26 bits per heavy atom. The van der Waals surface area contributed by atoms with Crippen LogP contribution in [-0.4, -0.2) is 35.8 Å². The first-order valence-corrected chi connectivity index (χ1v) is 13.5. The lowest BCUT2D eigenvalue weighted by Gasteiger charge is -2.14. The summed E-state index contributed by atoms with van der Waals surface area (Å²) in [6, 6.07) is 21.1. The second kappa shape index (κ2) is 11.0. The Labute approximate surface area is 225 Å². The van der Waals surface area contributed by atoms with Gasteiger partial charge >= 0.3 is 5.97 Å². The molecule has 1 heterocycles. The largest absolute Gasteiger partial charge is 0.449 e. The minimum absolute atomic E-state index is 0.0521.